The van der Waals surface area contributed by atoms with Crippen LogP contribution in [0.1, 0.15) is 25.1 Å². The summed E-state index contributed by atoms with van der Waals surface area (Å²) in [4.78, 5) is 25.8. The Morgan fingerprint density at radius 1 is 1.29 bits per heavy atom. The molecule has 4 heteroatoms. The summed E-state index contributed by atoms with van der Waals surface area (Å²) in [7, 11) is 0. The molecule has 1 aromatic heterocycles. The van der Waals surface area contributed by atoms with Gasteiger partial charge in [-0.2, -0.15) is 0 Å². The number of H-pyrrole nitrogens is 1. The number of hydrogen-bond acceptors (Lipinski definition) is 2. The van der Waals surface area contributed by atoms with Gasteiger partial charge in [-0.05, 0) is 19.8 Å². The molecule has 0 aliphatic heterocycles. The molecule has 1 N–H and O–H groups in total. The lowest BCUT2D eigenvalue weighted by atomic mass is 10.2. The van der Waals surface area contributed by atoms with Crippen molar-refractivity contribution in [3.05, 3.63) is 32.1 Å². The molecule has 0 aliphatic rings. The molecule has 78 valence electrons. The molecule has 0 radical (unpaired) electrons. The Hall–Kier alpha value is -1.32. The minimum atomic E-state index is -0.313. The third-order valence-electron chi connectivity index (χ3n) is 2.22. The zero-order chi connectivity index (χ0) is 10.9. The Labute approximate surface area is 82.6 Å². The average molecular weight is 196 g/mol. The van der Waals surface area contributed by atoms with Gasteiger partial charge in [-0.15, -0.1) is 0 Å². The minimum absolute atomic E-state index is 0.181. The fourth-order valence-electron chi connectivity index (χ4n) is 1.31. The van der Waals surface area contributed by atoms with Crippen molar-refractivity contribution < 1.29 is 0 Å². The summed E-state index contributed by atoms with van der Waals surface area (Å²) in [6.45, 7) is 7.87. The molecule has 0 unspecified atom stereocenters. The highest BCUT2D eigenvalue weighted by Gasteiger charge is 2.08. The lowest BCUT2D eigenvalue weighted by Crippen LogP contribution is -2.38. The topological polar surface area (TPSA) is 54.9 Å². The number of aromatic nitrogens is 2. The summed E-state index contributed by atoms with van der Waals surface area (Å²) in [5.74, 6) is 0.288. The molecule has 0 atom stereocenters. The van der Waals surface area contributed by atoms with Gasteiger partial charge in [0.15, 0.2) is 0 Å². The quantitative estimate of drug-likeness (QED) is 0.761. The van der Waals surface area contributed by atoms with E-state index in [2.05, 4.69) is 4.98 Å². The smallest absolute Gasteiger partial charge is 0.311 e. The van der Waals surface area contributed by atoms with Crippen molar-refractivity contribution in [1.82, 2.24) is 9.55 Å². The summed E-state index contributed by atoms with van der Waals surface area (Å²) in [6.07, 6.45) is 0. The van der Waals surface area contributed by atoms with Gasteiger partial charge in [0.25, 0.3) is 5.56 Å². The SMILES string of the molecule is Cc1[nH]c(=O)n(CC(C)C)c(=O)c1C. The van der Waals surface area contributed by atoms with Crippen molar-refractivity contribution in [2.24, 2.45) is 5.92 Å². The molecule has 0 saturated carbocycles. The molecule has 0 saturated heterocycles. The van der Waals surface area contributed by atoms with Crippen molar-refractivity contribution in [3.63, 3.8) is 0 Å². The third kappa shape index (κ3) is 1.95. The Morgan fingerprint density at radius 3 is 2.36 bits per heavy atom. The van der Waals surface area contributed by atoms with E-state index in [1.807, 2.05) is 13.8 Å². The predicted octanol–water partition coefficient (Wildman–Crippen LogP) is 0.809. The highest BCUT2D eigenvalue weighted by molar-refractivity contribution is 5.12. The van der Waals surface area contributed by atoms with Gasteiger partial charge >= 0.3 is 5.69 Å². The first kappa shape index (κ1) is 10.8. The van der Waals surface area contributed by atoms with E-state index in [1.165, 1.54) is 4.57 Å². The van der Waals surface area contributed by atoms with E-state index in [0.717, 1.165) is 0 Å². The Bertz CT molecular complexity index is 440. The van der Waals surface area contributed by atoms with Crippen molar-refractivity contribution >= 4 is 0 Å². The number of aryl methyl sites for hydroxylation is 1. The first-order valence-corrected chi connectivity index (χ1v) is 4.73. The van der Waals surface area contributed by atoms with E-state index in [-0.39, 0.29) is 17.2 Å². The molecule has 0 spiro atoms. The Balaban J connectivity index is 3.38. The van der Waals surface area contributed by atoms with E-state index in [9.17, 15) is 9.59 Å². The van der Waals surface area contributed by atoms with Gasteiger partial charge in [-0.1, -0.05) is 13.8 Å². The molecule has 0 amide bonds. The third-order valence-corrected chi connectivity index (χ3v) is 2.22. The predicted molar refractivity (Wildman–Crippen MR) is 55.6 cm³/mol. The van der Waals surface area contributed by atoms with Crippen molar-refractivity contribution in [1.29, 1.82) is 0 Å². The molecule has 0 aliphatic carbocycles. The maximum absolute atomic E-state index is 11.7. The second-order valence-electron chi connectivity index (χ2n) is 3.99. The van der Waals surface area contributed by atoms with Gasteiger partial charge in [0.05, 0.1) is 0 Å². The number of hydrogen-bond donors (Lipinski definition) is 1. The molecule has 1 rings (SSSR count). The number of aromatic amines is 1. The van der Waals surface area contributed by atoms with Gasteiger partial charge in [-0.25, -0.2) is 4.79 Å². The molecule has 4 nitrogen and oxygen atoms in total. The van der Waals surface area contributed by atoms with Crippen molar-refractivity contribution in [2.45, 2.75) is 34.2 Å². The van der Waals surface area contributed by atoms with Gasteiger partial charge in [0.1, 0.15) is 0 Å². The van der Waals surface area contributed by atoms with Gasteiger partial charge in [0, 0.05) is 17.8 Å². The van der Waals surface area contributed by atoms with Crippen LogP contribution < -0.4 is 11.2 Å². The van der Waals surface area contributed by atoms with Crippen LogP contribution in [0.25, 0.3) is 0 Å². The minimum Gasteiger partial charge on any atom is -0.311 e. The zero-order valence-electron chi connectivity index (χ0n) is 9.05. The van der Waals surface area contributed by atoms with Gasteiger partial charge < -0.3 is 4.98 Å². The molecule has 0 aromatic carbocycles. The van der Waals surface area contributed by atoms with Crippen molar-refractivity contribution in [3.8, 4) is 0 Å². The second kappa shape index (κ2) is 3.82. The molecule has 0 fully saturated rings. The first-order chi connectivity index (χ1) is 6.43. The molecule has 0 bridgehead atoms. The normalized spacial score (nSPS) is 10.9. The summed E-state index contributed by atoms with van der Waals surface area (Å²) in [6, 6.07) is 0. The Morgan fingerprint density at radius 2 is 1.86 bits per heavy atom. The summed E-state index contributed by atoms with van der Waals surface area (Å²) in [5, 5.41) is 0. The van der Waals surface area contributed by atoms with E-state index >= 15 is 0 Å². The largest absolute Gasteiger partial charge is 0.328 e. The highest BCUT2D eigenvalue weighted by atomic mass is 16.2. The fourth-order valence-corrected chi connectivity index (χ4v) is 1.31. The van der Waals surface area contributed by atoms with Crippen LogP contribution in [0, 0.1) is 19.8 Å². The number of nitrogens with zero attached hydrogens (tertiary/aromatic N) is 1. The number of nitrogens with one attached hydrogen (secondary N) is 1. The van der Waals surface area contributed by atoms with Gasteiger partial charge in [0.2, 0.25) is 0 Å². The molecule has 1 heterocycles. The van der Waals surface area contributed by atoms with Crippen LogP contribution in [0.5, 0.6) is 0 Å². The summed E-state index contributed by atoms with van der Waals surface area (Å²) in [5.41, 5.74) is 0.775. The molecular weight excluding hydrogens is 180 g/mol. The maximum Gasteiger partial charge on any atom is 0.328 e. The zero-order valence-corrected chi connectivity index (χ0v) is 9.05. The molecule has 14 heavy (non-hydrogen) atoms. The highest BCUT2D eigenvalue weighted by Crippen LogP contribution is 1.96. The summed E-state index contributed by atoms with van der Waals surface area (Å²) >= 11 is 0. The van der Waals surface area contributed by atoms with Crippen molar-refractivity contribution in [2.75, 3.05) is 0 Å². The first-order valence-electron chi connectivity index (χ1n) is 4.73. The van der Waals surface area contributed by atoms with Gasteiger partial charge in [-0.3, -0.25) is 9.36 Å². The van der Waals surface area contributed by atoms with Crippen LogP contribution in [-0.4, -0.2) is 9.55 Å². The van der Waals surface area contributed by atoms with E-state index in [0.29, 0.717) is 17.8 Å². The number of rotatable bonds is 2. The van der Waals surface area contributed by atoms with Crippen LogP contribution >= 0.6 is 0 Å². The molecular formula is C10H16N2O2. The monoisotopic (exact) mass is 196 g/mol. The lowest BCUT2D eigenvalue weighted by Gasteiger charge is -2.09. The van der Waals surface area contributed by atoms with Crippen LogP contribution in [0.2, 0.25) is 0 Å². The van der Waals surface area contributed by atoms with E-state index in [1.54, 1.807) is 13.8 Å². The maximum atomic E-state index is 11.7. The van der Waals surface area contributed by atoms with E-state index in [4.69, 9.17) is 0 Å². The Kier molecular flexibility index (Phi) is 2.93. The average Bonchev–Trinajstić information content (AvgIpc) is 2.09. The lowest BCUT2D eigenvalue weighted by molar-refractivity contribution is 0.489. The van der Waals surface area contributed by atoms with Crippen LogP contribution in [0.15, 0.2) is 9.59 Å². The van der Waals surface area contributed by atoms with Crippen LogP contribution in [0.4, 0.5) is 0 Å². The molecule has 1 aromatic rings. The fraction of sp³-hybridized carbons (Fsp3) is 0.600. The summed E-state index contributed by atoms with van der Waals surface area (Å²) < 4.78 is 1.26. The standard InChI is InChI=1S/C10H16N2O2/c1-6(2)5-12-9(13)7(3)8(4)11-10(12)14/h6H,5H2,1-4H3,(H,11,14). The second-order valence-corrected chi connectivity index (χ2v) is 3.99. The van der Waals surface area contributed by atoms with Crippen LogP contribution in [0.3, 0.4) is 0 Å². The van der Waals surface area contributed by atoms with Crippen LogP contribution in [-0.2, 0) is 6.54 Å². The van der Waals surface area contributed by atoms with E-state index < -0.39 is 0 Å².